The smallest absolute Gasteiger partial charge is 0.128 e. The van der Waals surface area contributed by atoms with Crippen LogP contribution < -0.4 is 10.5 Å². The number of aromatic nitrogens is 1. The highest BCUT2D eigenvalue weighted by Crippen LogP contribution is 2.31. The molecular formula is C15H11ClN2O. The minimum Gasteiger partial charge on any atom is -0.457 e. The summed E-state index contributed by atoms with van der Waals surface area (Å²) in [7, 11) is 0. The van der Waals surface area contributed by atoms with Crippen molar-refractivity contribution in [3.8, 4) is 11.5 Å². The molecule has 2 N–H and O–H groups in total. The normalized spacial score (nSPS) is 10.6. The lowest BCUT2D eigenvalue weighted by molar-refractivity contribution is 0.483. The number of nitrogens with two attached hydrogens (primary N) is 1. The van der Waals surface area contributed by atoms with Crippen LogP contribution in [0, 0.1) is 0 Å². The molecule has 0 unspecified atom stereocenters. The summed E-state index contributed by atoms with van der Waals surface area (Å²) in [6, 6.07) is 15.1. The number of pyridine rings is 1. The minimum atomic E-state index is 0.464. The Labute approximate surface area is 115 Å². The van der Waals surface area contributed by atoms with Gasteiger partial charge in [0.2, 0.25) is 0 Å². The molecule has 0 saturated carbocycles. The van der Waals surface area contributed by atoms with Gasteiger partial charge >= 0.3 is 0 Å². The van der Waals surface area contributed by atoms with Crippen LogP contribution in [0.4, 0.5) is 5.69 Å². The maximum atomic E-state index is 6.18. The van der Waals surface area contributed by atoms with Crippen LogP contribution in [-0.4, -0.2) is 4.98 Å². The summed E-state index contributed by atoms with van der Waals surface area (Å²) in [6.07, 6.45) is 1.56. The lowest BCUT2D eigenvalue weighted by Gasteiger charge is -2.08. The average Bonchev–Trinajstić information content (AvgIpc) is 2.45. The van der Waals surface area contributed by atoms with Gasteiger partial charge in [-0.1, -0.05) is 29.8 Å². The van der Waals surface area contributed by atoms with Crippen molar-refractivity contribution >= 4 is 28.2 Å². The number of ether oxygens (including phenoxy) is 1. The molecule has 0 fully saturated rings. The van der Waals surface area contributed by atoms with E-state index in [1.165, 1.54) is 0 Å². The highest BCUT2D eigenvalue weighted by molar-refractivity contribution is 6.37. The summed E-state index contributed by atoms with van der Waals surface area (Å²) in [5.74, 6) is 1.47. The van der Waals surface area contributed by atoms with E-state index in [0.717, 1.165) is 16.7 Å². The maximum Gasteiger partial charge on any atom is 0.128 e. The fraction of sp³-hybridized carbons (Fsp3) is 0. The van der Waals surface area contributed by atoms with Crippen molar-refractivity contribution in [3.63, 3.8) is 0 Å². The summed E-state index contributed by atoms with van der Waals surface area (Å²) in [4.78, 5) is 4.22. The molecule has 1 heterocycles. The Morgan fingerprint density at radius 2 is 1.79 bits per heavy atom. The Morgan fingerprint density at radius 1 is 1.00 bits per heavy atom. The number of benzene rings is 2. The third-order valence-corrected chi connectivity index (χ3v) is 3.20. The van der Waals surface area contributed by atoms with Crippen molar-refractivity contribution in [3.05, 3.63) is 59.8 Å². The van der Waals surface area contributed by atoms with Gasteiger partial charge in [-0.05, 0) is 30.3 Å². The van der Waals surface area contributed by atoms with E-state index in [4.69, 9.17) is 22.1 Å². The molecule has 94 valence electrons. The summed E-state index contributed by atoms with van der Waals surface area (Å²) in [5, 5.41) is 1.29. The van der Waals surface area contributed by atoms with Gasteiger partial charge < -0.3 is 10.5 Å². The van der Waals surface area contributed by atoms with Gasteiger partial charge in [-0.15, -0.1) is 0 Å². The lowest BCUT2D eigenvalue weighted by Crippen LogP contribution is -1.90. The molecule has 3 nitrogen and oxygen atoms in total. The molecular weight excluding hydrogens is 260 g/mol. The van der Waals surface area contributed by atoms with E-state index in [1.54, 1.807) is 6.20 Å². The molecule has 0 aliphatic rings. The van der Waals surface area contributed by atoms with E-state index in [0.29, 0.717) is 16.5 Å². The van der Waals surface area contributed by atoms with Crippen molar-refractivity contribution in [2.24, 2.45) is 0 Å². The number of hydrogen-bond acceptors (Lipinski definition) is 3. The first kappa shape index (κ1) is 11.8. The van der Waals surface area contributed by atoms with E-state index in [-0.39, 0.29) is 0 Å². The Morgan fingerprint density at radius 3 is 2.58 bits per heavy atom. The number of halogens is 1. The van der Waals surface area contributed by atoms with Gasteiger partial charge in [0.25, 0.3) is 0 Å². The first-order chi connectivity index (χ1) is 9.24. The number of rotatable bonds is 2. The Bertz CT molecular complexity index is 729. The summed E-state index contributed by atoms with van der Waals surface area (Å²) >= 11 is 6.18. The van der Waals surface area contributed by atoms with Gasteiger partial charge in [0.1, 0.15) is 11.5 Å². The molecule has 0 atom stereocenters. The SMILES string of the molecule is Nc1cnc2ccc(Oc3ccccc3)cc2c1Cl. The maximum absolute atomic E-state index is 6.18. The van der Waals surface area contributed by atoms with Crippen LogP contribution in [0.5, 0.6) is 11.5 Å². The molecule has 0 aliphatic heterocycles. The highest BCUT2D eigenvalue weighted by atomic mass is 35.5. The molecule has 0 amide bonds. The summed E-state index contributed by atoms with van der Waals surface area (Å²) in [5.41, 5.74) is 7.01. The number of hydrogen-bond donors (Lipinski definition) is 1. The van der Waals surface area contributed by atoms with Gasteiger partial charge in [-0.25, -0.2) is 0 Å². The van der Waals surface area contributed by atoms with Crippen molar-refractivity contribution in [1.29, 1.82) is 0 Å². The zero-order valence-corrected chi connectivity index (χ0v) is 10.8. The van der Waals surface area contributed by atoms with Crippen LogP contribution in [0.3, 0.4) is 0 Å². The predicted molar refractivity (Wildman–Crippen MR) is 77.7 cm³/mol. The molecule has 0 bridgehead atoms. The molecule has 4 heteroatoms. The molecule has 0 spiro atoms. The quantitative estimate of drug-likeness (QED) is 0.757. The summed E-state index contributed by atoms with van der Waals surface area (Å²) < 4.78 is 5.75. The van der Waals surface area contributed by atoms with Gasteiger partial charge in [-0.3, -0.25) is 4.98 Å². The molecule has 3 aromatic rings. The number of para-hydroxylation sites is 1. The second-order valence-corrected chi connectivity index (χ2v) is 4.50. The fourth-order valence-electron chi connectivity index (χ4n) is 1.84. The van der Waals surface area contributed by atoms with E-state index in [1.807, 2.05) is 48.5 Å². The second-order valence-electron chi connectivity index (χ2n) is 4.12. The van der Waals surface area contributed by atoms with Crippen LogP contribution >= 0.6 is 11.6 Å². The standard InChI is InChI=1S/C15H11ClN2O/c16-15-12-8-11(19-10-4-2-1-3-5-10)6-7-14(12)18-9-13(15)17/h1-9H,17H2. The highest BCUT2D eigenvalue weighted by Gasteiger charge is 2.06. The van der Waals surface area contributed by atoms with Crippen molar-refractivity contribution < 1.29 is 4.74 Å². The van der Waals surface area contributed by atoms with Crippen LogP contribution in [0.1, 0.15) is 0 Å². The van der Waals surface area contributed by atoms with Gasteiger partial charge in [-0.2, -0.15) is 0 Å². The number of nitrogens with zero attached hydrogens (tertiary/aromatic N) is 1. The molecule has 1 aromatic heterocycles. The molecule has 0 saturated heterocycles. The van der Waals surface area contributed by atoms with Crippen LogP contribution in [0.15, 0.2) is 54.7 Å². The van der Waals surface area contributed by atoms with Crippen molar-refractivity contribution in [2.75, 3.05) is 5.73 Å². The van der Waals surface area contributed by atoms with E-state index in [2.05, 4.69) is 4.98 Å². The van der Waals surface area contributed by atoms with E-state index < -0.39 is 0 Å². The molecule has 19 heavy (non-hydrogen) atoms. The van der Waals surface area contributed by atoms with Gasteiger partial charge in [0.05, 0.1) is 22.4 Å². The molecule has 0 radical (unpaired) electrons. The molecule has 2 aromatic carbocycles. The van der Waals surface area contributed by atoms with Crippen molar-refractivity contribution in [2.45, 2.75) is 0 Å². The zero-order valence-electron chi connectivity index (χ0n) is 10.0. The van der Waals surface area contributed by atoms with Crippen molar-refractivity contribution in [1.82, 2.24) is 4.98 Å². The number of nitrogen functional groups attached to an aromatic ring is 1. The first-order valence-corrected chi connectivity index (χ1v) is 6.18. The van der Waals surface area contributed by atoms with Crippen LogP contribution in [0.25, 0.3) is 10.9 Å². The third kappa shape index (κ3) is 2.33. The van der Waals surface area contributed by atoms with E-state index in [9.17, 15) is 0 Å². The largest absolute Gasteiger partial charge is 0.457 e. The Balaban J connectivity index is 2.04. The van der Waals surface area contributed by atoms with E-state index >= 15 is 0 Å². The molecule has 3 rings (SSSR count). The Hall–Kier alpha value is -2.26. The first-order valence-electron chi connectivity index (χ1n) is 5.81. The second kappa shape index (κ2) is 4.78. The van der Waals surface area contributed by atoms with Gasteiger partial charge in [0, 0.05) is 5.39 Å². The lowest BCUT2D eigenvalue weighted by atomic mass is 10.2. The fourth-order valence-corrected chi connectivity index (χ4v) is 2.04. The summed E-state index contributed by atoms with van der Waals surface area (Å²) in [6.45, 7) is 0. The number of anilines is 1. The minimum absolute atomic E-state index is 0.464. The zero-order chi connectivity index (χ0) is 13.2. The topological polar surface area (TPSA) is 48.1 Å². The Kier molecular flexibility index (Phi) is 2.97. The molecule has 0 aliphatic carbocycles. The third-order valence-electron chi connectivity index (χ3n) is 2.78. The van der Waals surface area contributed by atoms with Crippen LogP contribution in [-0.2, 0) is 0 Å². The van der Waals surface area contributed by atoms with Gasteiger partial charge in [0.15, 0.2) is 0 Å². The average molecular weight is 271 g/mol. The van der Waals surface area contributed by atoms with Crippen LogP contribution in [0.2, 0.25) is 5.02 Å². The monoisotopic (exact) mass is 270 g/mol. The predicted octanol–water partition coefficient (Wildman–Crippen LogP) is 4.26. The number of fused-ring (bicyclic) bond motifs is 1.